The first-order valence-electron chi connectivity index (χ1n) is 7.53. The van der Waals surface area contributed by atoms with Crippen molar-refractivity contribution in [3.8, 4) is 0 Å². The van der Waals surface area contributed by atoms with Crippen LogP contribution < -0.4 is 0 Å². The fourth-order valence-corrected chi connectivity index (χ4v) is 3.26. The predicted molar refractivity (Wildman–Crippen MR) is 81.7 cm³/mol. The summed E-state index contributed by atoms with van der Waals surface area (Å²) in [5.41, 5.74) is 1.84. The highest BCUT2D eigenvalue weighted by Gasteiger charge is 2.24. The normalized spacial score (nSPS) is 19.4. The maximum absolute atomic E-state index is 11.4. The van der Waals surface area contributed by atoms with Gasteiger partial charge in [0.25, 0.3) is 0 Å². The molecule has 0 saturated carbocycles. The quantitative estimate of drug-likeness (QED) is 0.938. The van der Waals surface area contributed by atoms with Crippen LogP contribution in [0.3, 0.4) is 0 Å². The number of fused-ring (bicyclic) bond motifs is 1. The Hall–Kier alpha value is -1.88. The third-order valence-corrected chi connectivity index (χ3v) is 4.47. The van der Waals surface area contributed by atoms with Gasteiger partial charge in [-0.3, -0.25) is 0 Å². The number of carbonyl (C=O) groups is 1. The van der Waals surface area contributed by atoms with Crippen LogP contribution in [0.4, 0.5) is 0 Å². The van der Waals surface area contributed by atoms with E-state index >= 15 is 0 Å². The van der Waals surface area contributed by atoms with Crippen LogP contribution in [0, 0.1) is 0 Å². The minimum Gasteiger partial charge on any atom is -0.478 e. The number of benzene rings is 1. The van der Waals surface area contributed by atoms with Gasteiger partial charge in [0, 0.05) is 19.0 Å². The molecular weight excluding hydrogens is 266 g/mol. The van der Waals surface area contributed by atoms with E-state index in [1.807, 2.05) is 12.1 Å². The zero-order valence-electron chi connectivity index (χ0n) is 12.5. The van der Waals surface area contributed by atoms with Crippen LogP contribution >= 0.6 is 0 Å². The first-order valence-corrected chi connectivity index (χ1v) is 7.53. The Kier molecular flexibility index (Phi) is 3.68. The van der Waals surface area contributed by atoms with Crippen molar-refractivity contribution in [2.45, 2.75) is 38.8 Å². The van der Waals surface area contributed by atoms with Crippen molar-refractivity contribution in [2.24, 2.45) is 0 Å². The van der Waals surface area contributed by atoms with Crippen molar-refractivity contribution in [3.63, 3.8) is 0 Å². The molecule has 0 amide bonds. The first kappa shape index (κ1) is 14.1. The van der Waals surface area contributed by atoms with E-state index in [1.54, 1.807) is 6.07 Å². The van der Waals surface area contributed by atoms with E-state index in [4.69, 9.17) is 0 Å². The Morgan fingerprint density at radius 3 is 2.90 bits per heavy atom. The zero-order valence-corrected chi connectivity index (χ0v) is 12.5. The third-order valence-electron chi connectivity index (χ3n) is 4.47. The smallest absolute Gasteiger partial charge is 0.337 e. The number of para-hydroxylation sites is 1. The molecule has 1 N–H and O–H groups in total. The number of rotatable bonds is 4. The van der Waals surface area contributed by atoms with E-state index in [-0.39, 0.29) is 0 Å². The van der Waals surface area contributed by atoms with Crippen molar-refractivity contribution >= 4 is 17.0 Å². The Morgan fingerprint density at radius 1 is 1.48 bits per heavy atom. The lowest BCUT2D eigenvalue weighted by Crippen LogP contribution is -2.29. The highest BCUT2D eigenvalue weighted by Crippen LogP contribution is 2.24. The van der Waals surface area contributed by atoms with E-state index in [2.05, 4.69) is 28.4 Å². The summed E-state index contributed by atoms with van der Waals surface area (Å²) in [5, 5.41) is 9.32. The Bertz CT molecular complexity index is 677. The molecule has 5 heteroatoms. The molecule has 1 atom stereocenters. The van der Waals surface area contributed by atoms with Crippen LogP contribution in [-0.4, -0.2) is 45.2 Å². The van der Waals surface area contributed by atoms with Crippen LogP contribution in [-0.2, 0) is 13.0 Å². The average Bonchev–Trinajstić information content (AvgIpc) is 3.03. The lowest BCUT2D eigenvalue weighted by molar-refractivity contribution is 0.0699. The Balaban J connectivity index is 2.08. The largest absolute Gasteiger partial charge is 0.478 e. The molecule has 0 aliphatic carbocycles. The number of carboxylic acids is 1. The molecule has 3 rings (SSSR count). The van der Waals surface area contributed by atoms with Crippen molar-refractivity contribution in [1.82, 2.24) is 14.5 Å². The van der Waals surface area contributed by atoms with Crippen LogP contribution in [0.25, 0.3) is 11.0 Å². The molecule has 1 aromatic carbocycles. The van der Waals surface area contributed by atoms with Gasteiger partial charge in [-0.2, -0.15) is 0 Å². The molecule has 1 unspecified atom stereocenters. The molecule has 1 aliphatic heterocycles. The third kappa shape index (κ3) is 2.42. The number of aromatic carboxylic acids is 1. The molecule has 21 heavy (non-hydrogen) atoms. The van der Waals surface area contributed by atoms with Crippen molar-refractivity contribution in [3.05, 3.63) is 29.6 Å². The summed E-state index contributed by atoms with van der Waals surface area (Å²) in [7, 11) is 2.16. The summed E-state index contributed by atoms with van der Waals surface area (Å²) in [6.07, 6.45) is 3.23. The monoisotopic (exact) mass is 287 g/mol. The molecule has 0 radical (unpaired) electrons. The van der Waals surface area contributed by atoms with Gasteiger partial charge >= 0.3 is 5.97 Å². The SMILES string of the molecule is CCc1nc2c(C(=O)O)cccc2n1CC1CCCN1C. The van der Waals surface area contributed by atoms with Gasteiger partial charge in [0.2, 0.25) is 0 Å². The van der Waals surface area contributed by atoms with Gasteiger partial charge in [0.15, 0.2) is 0 Å². The number of hydrogen-bond donors (Lipinski definition) is 1. The lowest BCUT2D eigenvalue weighted by atomic mass is 10.1. The molecule has 0 bridgehead atoms. The minimum absolute atomic E-state index is 0.292. The number of likely N-dealkylation sites (N-methyl/N-ethyl adjacent to an activating group) is 1. The Labute approximate surface area is 124 Å². The fourth-order valence-electron chi connectivity index (χ4n) is 3.26. The first-order chi connectivity index (χ1) is 10.1. The van der Waals surface area contributed by atoms with Crippen LogP contribution in [0.1, 0.15) is 35.9 Å². The molecule has 2 heterocycles. The van der Waals surface area contributed by atoms with Gasteiger partial charge in [-0.05, 0) is 38.6 Å². The van der Waals surface area contributed by atoms with E-state index in [9.17, 15) is 9.90 Å². The standard InChI is InChI=1S/C16H21N3O2/c1-3-14-17-15-12(16(20)21)7-4-8-13(15)19(14)10-11-6-5-9-18(11)2/h4,7-8,11H,3,5-6,9-10H2,1-2H3,(H,20,21). The average molecular weight is 287 g/mol. The number of imidazole rings is 1. The molecule has 1 aliphatic rings. The lowest BCUT2D eigenvalue weighted by Gasteiger charge is -2.21. The number of aromatic nitrogens is 2. The summed E-state index contributed by atoms with van der Waals surface area (Å²) in [4.78, 5) is 18.3. The topological polar surface area (TPSA) is 58.4 Å². The van der Waals surface area contributed by atoms with Gasteiger partial charge in [0.1, 0.15) is 11.3 Å². The van der Waals surface area contributed by atoms with Gasteiger partial charge < -0.3 is 14.6 Å². The zero-order chi connectivity index (χ0) is 15.0. The molecular formula is C16H21N3O2. The highest BCUT2D eigenvalue weighted by atomic mass is 16.4. The molecule has 0 spiro atoms. The predicted octanol–water partition coefficient (Wildman–Crippen LogP) is 2.39. The molecule has 112 valence electrons. The summed E-state index contributed by atoms with van der Waals surface area (Å²) >= 11 is 0. The molecule has 5 nitrogen and oxygen atoms in total. The van der Waals surface area contributed by atoms with Crippen LogP contribution in [0.2, 0.25) is 0 Å². The molecule has 1 fully saturated rings. The number of nitrogens with zero attached hydrogens (tertiary/aromatic N) is 3. The van der Waals surface area contributed by atoms with Crippen molar-refractivity contribution in [1.29, 1.82) is 0 Å². The second kappa shape index (κ2) is 5.48. The van der Waals surface area contributed by atoms with Crippen molar-refractivity contribution < 1.29 is 9.90 Å². The van der Waals surface area contributed by atoms with Crippen LogP contribution in [0.15, 0.2) is 18.2 Å². The van der Waals surface area contributed by atoms with Crippen LogP contribution in [0.5, 0.6) is 0 Å². The minimum atomic E-state index is -0.911. The summed E-state index contributed by atoms with van der Waals surface area (Å²) in [6.45, 7) is 4.09. The number of hydrogen-bond acceptors (Lipinski definition) is 3. The summed E-state index contributed by atoms with van der Waals surface area (Å²) in [6, 6.07) is 5.93. The van der Waals surface area contributed by atoms with E-state index in [0.717, 1.165) is 30.9 Å². The van der Waals surface area contributed by atoms with Gasteiger partial charge in [0.05, 0.1) is 11.1 Å². The molecule has 1 saturated heterocycles. The second-order valence-corrected chi connectivity index (χ2v) is 5.75. The highest BCUT2D eigenvalue weighted by molar-refractivity contribution is 6.01. The van der Waals surface area contributed by atoms with Gasteiger partial charge in [-0.1, -0.05) is 13.0 Å². The Morgan fingerprint density at radius 2 is 2.29 bits per heavy atom. The summed E-state index contributed by atoms with van der Waals surface area (Å²) < 4.78 is 2.20. The van der Waals surface area contributed by atoms with E-state index in [1.165, 1.54) is 12.8 Å². The van der Waals surface area contributed by atoms with E-state index in [0.29, 0.717) is 17.1 Å². The van der Waals surface area contributed by atoms with E-state index < -0.39 is 5.97 Å². The van der Waals surface area contributed by atoms with Gasteiger partial charge in [-0.15, -0.1) is 0 Å². The molecule has 1 aromatic heterocycles. The fraction of sp³-hybridized carbons (Fsp3) is 0.500. The second-order valence-electron chi connectivity index (χ2n) is 5.75. The number of aryl methyl sites for hydroxylation is 1. The maximum atomic E-state index is 11.4. The molecule has 2 aromatic rings. The van der Waals surface area contributed by atoms with Gasteiger partial charge in [-0.25, -0.2) is 9.78 Å². The number of likely N-dealkylation sites (tertiary alicyclic amines) is 1. The van der Waals surface area contributed by atoms with Crippen molar-refractivity contribution in [2.75, 3.05) is 13.6 Å². The number of carboxylic acid groups (broad SMARTS) is 1. The maximum Gasteiger partial charge on any atom is 0.337 e. The summed E-state index contributed by atoms with van der Waals surface area (Å²) in [5.74, 6) is 0.0601.